The molecule has 1 amide bonds. The topological polar surface area (TPSA) is 69.6 Å². The van der Waals surface area contributed by atoms with Crippen LogP contribution >= 0.6 is 0 Å². The third kappa shape index (κ3) is 2.79. The molecule has 1 aliphatic rings. The molecule has 2 rings (SSSR count). The Morgan fingerprint density at radius 2 is 2.06 bits per heavy atom. The predicted molar refractivity (Wildman–Crippen MR) is 63.8 cm³/mol. The van der Waals surface area contributed by atoms with E-state index < -0.39 is 17.3 Å². The highest BCUT2D eigenvalue weighted by atomic mass is 19.1. The summed E-state index contributed by atoms with van der Waals surface area (Å²) >= 11 is 0. The van der Waals surface area contributed by atoms with E-state index in [-0.39, 0.29) is 17.9 Å². The Bertz CT molecular complexity index is 456. The number of halogens is 1. The minimum Gasteiger partial charge on any atom is -0.507 e. The molecule has 0 bridgehead atoms. The van der Waals surface area contributed by atoms with Crippen LogP contribution in [0.3, 0.4) is 0 Å². The van der Waals surface area contributed by atoms with Crippen molar-refractivity contribution in [2.45, 2.75) is 31.3 Å². The van der Waals surface area contributed by atoms with Gasteiger partial charge in [0.25, 0.3) is 5.91 Å². The van der Waals surface area contributed by atoms with E-state index in [0.29, 0.717) is 12.8 Å². The number of aromatic hydroxyl groups is 1. The van der Waals surface area contributed by atoms with E-state index in [4.69, 9.17) is 0 Å². The number of rotatable bonds is 3. The Labute approximate surface area is 104 Å². The first-order valence-electron chi connectivity index (χ1n) is 5.99. The van der Waals surface area contributed by atoms with E-state index in [2.05, 4.69) is 5.32 Å². The SMILES string of the molecule is O=C(NCC1(O)CCCC1)c1cc(F)ccc1O. The molecule has 0 atom stereocenters. The minimum absolute atomic E-state index is 0.114. The number of phenols is 1. The van der Waals surface area contributed by atoms with Crippen molar-refractivity contribution < 1.29 is 19.4 Å². The largest absolute Gasteiger partial charge is 0.507 e. The van der Waals surface area contributed by atoms with Crippen LogP contribution in [0, 0.1) is 5.82 Å². The van der Waals surface area contributed by atoms with Gasteiger partial charge < -0.3 is 15.5 Å². The summed E-state index contributed by atoms with van der Waals surface area (Å²) in [6.07, 6.45) is 3.19. The summed E-state index contributed by atoms with van der Waals surface area (Å²) in [6, 6.07) is 3.19. The molecule has 18 heavy (non-hydrogen) atoms. The van der Waals surface area contributed by atoms with Crippen molar-refractivity contribution in [3.05, 3.63) is 29.6 Å². The monoisotopic (exact) mass is 253 g/mol. The highest BCUT2D eigenvalue weighted by Gasteiger charge is 2.31. The van der Waals surface area contributed by atoms with E-state index in [0.717, 1.165) is 31.0 Å². The Balaban J connectivity index is 2.01. The summed E-state index contributed by atoms with van der Waals surface area (Å²) in [5.74, 6) is -1.43. The van der Waals surface area contributed by atoms with Crippen molar-refractivity contribution in [1.82, 2.24) is 5.32 Å². The van der Waals surface area contributed by atoms with Crippen molar-refractivity contribution in [1.29, 1.82) is 0 Å². The van der Waals surface area contributed by atoms with Gasteiger partial charge in [-0.25, -0.2) is 4.39 Å². The van der Waals surface area contributed by atoms with Gasteiger partial charge in [0.1, 0.15) is 11.6 Å². The molecule has 1 aromatic rings. The van der Waals surface area contributed by atoms with Gasteiger partial charge in [-0.2, -0.15) is 0 Å². The van der Waals surface area contributed by atoms with E-state index >= 15 is 0 Å². The molecule has 1 saturated carbocycles. The zero-order valence-electron chi connectivity index (χ0n) is 9.95. The van der Waals surface area contributed by atoms with Crippen LogP contribution in [0.2, 0.25) is 0 Å². The van der Waals surface area contributed by atoms with Crippen LogP contribution in [0.25, 0.3) is 0 Å². The maximum Gasteiger partial charge on any atom is 0.255 e. The van der Waals surface area contributed by atoms with Crippen molar-refractivity contribution in [2.24, 2.45) is 0 Å². The highest BCUT2D eigenvalue weighted by Crippen LogP contribution is 2.28. The average Bonchev–Trinajstić information content (AvgIpc) is 2.77. The molecular formula is C13H16FNO3. The lowest BCUT2D eigenvalue weighted by molar-refractivity contribution is 0.0449. The van der Waals surface area contributed by atoms with Gasteiger partial charge in [-0.3, -0.25) is 4.79 Å². The van der Waals surface area contributed by atoms with Crippen LogP contribution in [0.15, 0.2) is 18.2 Å². The second-order valence-corrected chi connectivity index (χ2v) is 4.78. The maximum absolute atomic E-state index is 13.0. The molecule has 0 unspecified atom stereocenters. The van der Waals surface area contributed by atoms with Crippen molar-refractivity contribution in [3.8, 4) is 5.75 Å². The van der Waals surface area contributed by atoms with Gasteiger partial charge in [0.2, 0.25) is 0 Å². The molecule has 98 valence electrons. The van der Waals surface area contributed by atoms with Gasteiger partial charge in [-0.05, 0) is 31.0 Å². The molecule has 3 N–H and O–H groups in total. The highest BCUT2D eigenvalue weighted by molar-refractivity contribution is 5.96. The van der Waals surface area contributed by atoms with Crippen LogP contribution in [-0.4, -0.2) is 28.3 Å². The summed E-state index contributed by atoms with van der Waals surface area (Å²) in [7, 11) is 0. The molecule has 0 spiro atoms. The maximum atomic E-state index is 13.0. The molecule has 0 radical (unpaired) electrons. The molecule has 1 fully saturated rings. The molecule has 5 heteroatoms. The number of carbonyl (C=O) groups excluding carboxylic acids is 1. The number of amides is 1. The normalized spacial score (nSPS) is 17.7. The van der Waals surface area contributed by atoms with Gasteiger partial charge >= 0.3 is 0 Å². The number of hydrogen-bond acceptors (Lipinski definition) is 3. The minimum atomic E-state index is -0.862. The lowest BCUT2D eigenvalue weighted by Crippen LogP contribution is -2.40. The fourth-order valence-corrected chi connectivity index (χ4v) is 2.24. The van der Waals surface area contributed by atoms with Crippen LogP contribution in [-0.2, 0) is 0 Å². The van der Waals surface area contributed by atoms with Crippen molar-refractivity contribution in [3.63, 3.8) is 0 Å². The number of nitrogens with one attached hydrogen (secondary N) is 1. The van der Waals surface area contributed by atoms with Crippen LogP contribution < -0.4 is 5.32 Å². The lowest BCUT2D eigenvalue weighted by atomic mass is 10.0. The van der Waals surface area contributed by atoms with Crippen LogP contribution in [0.1, 0.15) is 36.0 Å². The summed E-state index contributed by atoms with van der Waals surface area (Å²) in [5, 5.41) is 22.1. The third-order valence-corrected chi connectivity index (χ3v) is 3.32. The van der Waals surface area contributed by atoms with E-state index in [1.165, 1.54) is 0 Å². The molecule has 0 aliphatic heterocycles. The van der Waals surface area contributed by atoms with Crippen LogP contribution in [0.5, 0.6) is 5.75 Å². The van der Waals surface area contributed by atoms with Gasteiger partial charge in [-0.15, -0.1) is 0 Å². The summed E-state index contributed by atoms with van der Waals surface area (Å²) in [4.78, 5) is 11.8. The molecule has 1 aliphatic carbocycles. The standard InChI is InChI=1S/C13H16FNO3/c14-9-3-4-11(16)10(7-9)12(17)15-8-13(18)5-1-2-6-13/h3-4,7,16,18H,1-2,5-6,8H2,(H,15,17). The molecule has 0 heterocycles. The Hall–Kier alpha value is -1.62. The Kier molecular flexibility index (Phi) is 3.52. The average molecular weight is 253 g/mol. The molecule has 1 aromatic carbocycles. The zero-order chi connectivity index (χ0) is 13.2. The first-order chi connectivity index (χ1) is 8.50. The molecule has 0 aromatic heterocycles. The van der Waals surface area contributed by atoms with Gasteiger partial charge in [0, 0.05) is 6.54 Å². The zero-order valence-corrected chi connectivity index (χ0v) is 9.95. The van der Waals surface area contributed by atoms with E-state index in [1.807, 2.05) is 0 Å². The van der Waals surface area contributed by atoms with E-state index in [9.17, 15) is 19.4 Å². The van der Waals surface area contributed by atoms with Gasteiger partial charge in [-0.1, -0.05) is 12.8 Å². The summed E-state index contributed by atoms with van der Waals surface area (Å²) < 4.78 is 13.0. The van der Waals surface area contributed by atoms with Crippen molar-refractivity contribution >= 4 is 5.91 Å². The lowest BCUT2D eigenvalue weighted by Gasteiger charge is -2.22. The van der Waals surface area contributed by atoms with Crippen molar-refractivity contribution in [2.75, 3.05) is 6.54 Å². The fourth-order valence-electron chi connectivity index (χ4n) is 2.24. The smallest absolute Gasteiger partial charge is 0.255 e. The third-order valence-electron chi connectivity index (χ3n) is 3.32. The first-order valence-corrected chi connectivity index (χ1v) is 5.99. The number of carbonyl (C=O) groups is 1. The predicted octanol–water partition coefficient (Wildman–Crippen LogP) is 1.57. The Morgan fingerprint density at radius 3 is 2.72 bits per heavy atom. The number of aliphatic hydroxyl groups is 1. The molecule has 0 saturated heterocycles. The summed E-state index contributed by atoms with van der Waals surface area (Å²) in [5.41, 5.74) is -0.977. The second-order valence-electron chi connectivity index (χ2n) is 4.78. The fraction of sp³-hybridized carbons (Fsp3) is 0.462. The van der Waals surface area contributed by atoms with Gasteiger partial charge in [0.05, 0.1) is 11.2 Å². The molecular weight excluding hydrogens is 237 g/mol. The van der Waals surface area contributed by atoms with E-state index in [1.54, 1.807) is 0 Å². The number of phenolic OH excluding ortho intramolecular Hbond substituents is 1. The number of benzene rings is 1. The number of hydrogen-bond donors (Lipinski definition) is 3. The summed E-state index contributed by atoms with van der Waals surface area (Å²) in [6.45, 7) is 0.127. The van der Waals surface area contributed by atoms with Crippen LogP contribution in [0.4, 0.5) is 4.39 Å². The second kappa shape index (κ2) is 4.94. The Morgan fingerprint density at radius 1 is 1.39 bits per heavy atom. The molecule has 4 nitrogen and oxygen atoms in total. The first kappa shape index (κ1) is 12.8. The quantitative estimate of drug-likeness (QED) is 0.765. The van der Waals surface area contributed by atoms with Gasteiger partial charge in [0.15, 0.2) is 0 Å².